The lowest BCUT2D eigenvalue weighted by atomic mass is 9.71. The van der Waals surface area contributed by atoms with E-state index in [1.54, 1.807) is 0 Å². The van der Waals surface area contributed by atoms with Crippen LogP contribution in [0.3, 0.4) is 0 Å². The molecule has 1 N–H and O–H groups in total. The Morgan fingerprint density at radius 3 is 2.54 bits per heavy atom. The fourth-order valence-corrected chi connectivity index (χ4v) is 5.81. The van der Waals surface area contributed by atoms with Gasteiger partial charge in [0.2, 0.25) is 0 Å². The molecular formula is C24H47NO3. The van der Waals surface area contributed by atoms with Crippen LogP contribution in [0.4, 0.5) is 0 Å². The van der Waals surface area contributed by atoms with Gasteiger partial charge < -0.3 is 19.5 Å². The third kappa shape index (κ3) is 6.68. The third-order valence-corrected chi connectivity index (χ3v) is 7.94. The van der Waals surface area contributed by atoms with Crippen molar-refractivity contribution >= 4 is 0 Å². The van der Waals surface area contributed by atoms with Gasteiger partial charge in [-0.2, -0.15) is 0 Å². The molecule has 1 saturated carbocycles. The summed E-state index contributed by atoms with van der Waals surface area (Å²) in [4.78, 5) is 2.69. The minimum atomic E-state index is 0.0980. The summed E-state index contributed by atoms with van der Waals surface area (Å²) in [5.41, 5.74) is 0. The van der Waals surface area contributed by atoms with Gasteiger partial charge in [0.15, 0.2) is 0 Å². The monoisotopic (exact) mass is 397 g/mol. The first-order chi connectivity index (χ1) is 13.5. The van der Waals surface area contributed by atoms with Crippen molar-refractivity contribution in [1.82, 2.24) is 4.90 Å². The summed E-state index contributed by atoms with van der Waals surface area (Å²) in [5, 5.41) is 9.06. The van der Waals surface area contributed by atoms with E-state index in [0.29, 0.717) is 6.61 Å². The second kappa shape index (κ2) is 12.5. The van der Waals surface area contributed by atoms with Gasteiger partial charge in [-0.05, 0) is 88.6 Å². The van der Waals surface area contributed by atoms with Gasteiger partial charge in [-0.3, -0.25) is 0 Å². The smallest absolute Gasteiger partial charge is 0.0837 e. The van der Waals surface area contributed by atoms with E-state index in [1.165, 1.54) is 51.6 Å². The average molecular weight is 398 g/mol. The predicted octanol–water partition coefficient (Wildman–Crippen LogP) is 4.74. The van der Waals surface area contributed by atoms with Crippen LogP contribution in [0, 0.1) is 23.7 Å². The highest BCUT2D eigenvalue weighted by Gasteiger charge is 2.35. The molecule has 2 aliphatic rings. The summed E-state index contributed by atoms with van der Waals surface area (Å²) >= 11 is 0. The maximum absolute atomic E-state index is 9.06. The standard InChI is InChI=1S/C24H47NO3/c1-6-18(3)22(17-21-9-8-12-25(7-2)19(21)4)15-20-10-11-23(28-14-13-26)24(16-20)27-5/h18-24,26H,6-17H2,1-5H3/t18?,19-,20?,21?,22+,23-,24-/m1/s1. The number of ether oxygens (including phenoxy) is 2. The van der Waals surface area contributed by atoms with Crippen LogP contribution in [0.25, 0.3) is 0 Å². The Morgan fingerprint density at radius 1 is 1.11 bits per heavy atom. The minimum absolute atomic E-state index is 0.0980. The first-order valence-electron chi connectivity index (χ1n) is 12.0. The van der Waals surface area contributed by atoms with Crippen molar-refractivity contribution in [2.75, 3.05) is 33.4 Å². The molecular weight excluding hydrogens is 350 g/mol. The molecule has 0 aromatic carbocycles. The van der Waals surface area contributed by atoms with Gasteiger partial charge >= 0.3 is 0 Å². The number of methoxy groups -OCH3 is 1. The summed E-state index contributed by atoms with van der Waals surface area (Å²) in [5.74, 6) is 3.23. The van der Waals surface area contributed by atoms with Gasteiger partial charge in [0.1, 0.15) is 0 Å². The molecule has 0 aromatic rings. The van der Waals surface area contributed by atoms with Crippen molar-refractivity contribution in [2.24, 2.45) is 23.7 Å². The van der Waals surface area contributed by atoms with Gasteiger partial charge in [0, 0.05) is 13.2 Å². The normalized spacial score (nSPS) is 34.3. The first-order valence-corrected chi connectivity index (χ1v) is 12.0. The molecule has 2 rings (SSSR count). The fraction of sp³-hybridized carbons (Fsp3) is 1.00. The van der Waals surface area contributed by atoms with Crippen LogP contribution in [0.5, 0.6) is 0 Å². The largest absolute Gasteiger partial charge is 0.394 e. The van der Waals surface area contributed by atoms with Crippen LogP contribution in [0.2, 0.25) is 0 Å². The first kappa shape index (κ1) is 24.1. The Hall–Kier alpha value is -0.160. The number of piperidine rings is 1. The number of aliphatic hydroxyl groups excluding tert-OH is 1. The molecule has 1 aliphatic carbocycles. The Kier molecular flexibility index (Phi) is 10.8. The van der Waals surface area contributed by atoms with Gasteiger partial charge in [-0.1, -0.05) is 27.2 Å². The van der Waals surface area contributed by atoms with Crippen molar-refractivity contribution in [1.29, 1.82) is 0 Å². The number of hydrogen-bond acceptors (Lipinski definition) is 4. The highest BCUT2D eigenvalue weighted by molar-refractivity contribution is 4.87. The SMILES string of the molecule is CCC(C)[C@@H](CC1CC[C@@H](OCCO)[C@H](OC)C1)CC1CCCN(CC)[C@@H]1C. The lowest BCUT2D eigenvalue weighted by molar-refractivity contribution is -0.0957. The van der Waals surface area contributed by atoms with Crippen molar-refractivity contribution in [3.05, 3.63) is 0 Å². The Balaban J connectivity index is 1.94. The van der Waals surface area contributed by atoms with Crippen LogP contribution < -0.4 is 0 Å². The number of nitrogens with zero attached hydrogens (tertiary/aromatic N) is 1. The number of rotatable bonds is 11. The van der Waals surface area contributed by atoms with E-state index >= 15 is 0 Å². The molecule has 28 heavy (non-hydrogen) atoms. The molecule has 2 fully saturated rings. The van der Waals surface area contributed by atoms with Crippen molar-refractivity contribution in [3.63, 3.8) is 0 Å². The highest BCUT2D eigenvalue weighted by Crippen LogP contribution is 2.39. The molecule has 1 heterocycles. The molecule has 0 bridgehead atoms. The predicted molar refractivity (Wildman–Crippen MR) is 117 cm³/mol. The molecule has 4 nitrogen and oxygen atoms in total. The maximum atomic E-state index is 9.06. The zero-order chi connectivity index (χ0) is 20.5. The van der Waals surface area contributed by atoms with E-state index in [9.17, 15) is 0 Å². The molecule has 3 unspecified atom stereocenters. The van der Waals surface area contributed by atoms with Crippen LogP contribution in [-0.2, 0) is 9.47 Å². The van der Waals surface area contributed by atoms with E-state index in [4.69, 9.17) is 14.6 Å². The Labute approximate surface area is 174 Å². The van der Waals surface area contributed by atoms with Crippen LogP contribution in [0.15, 0.2) is 0 Å². The molecule has 0 amide bonds. The molecule has 166 valence electrons. The minimum Gasteiger partial charge on any atom is -0.394 e. The molecule has 4 heteroatoms. The van der Waals surface area contributed by atoms with Crippen LogP contribution in [0.1, 0.15) is 79.1 Å². The second-order valence-electron chi connectivity index (χ2n) is 9.47. The molecule has 0 aromatic heterocycles. The van der Waals surface area contributed by atoms with Crippen molar-refractivity contribution in [2.45, 2.75) is 97.3 Å². The van der Waals surface area contributed by atoms with Gasteiger partial charge in [0.25, 0.3) is 0 Å². The maximum Gasteiger partial charge on any atom is 0.0837 e. The summed E-state index contributed by atoms with van der Waals surface area (Å²) in [6, 6.07) is 0.736. The summed E-state index contributed by atoms with van der Waals surface area (Å²) in [6.07, 6.45) is 10.6. The zero-order valence-electron chi connectivity index (χ0n) is 19.2. The lowest BCUT2D eigenvalue weighted by Gasteiger charge is -2.42. The third-order valence-electron chi connectivity index (χ3n) is 7.94. The molecule has 0 spiro atoms. The molecule has 1 saturated heterocycles. The lowest BCUT2D eigenvalue weighted by Crippen LogP contribution is -2.44. The van der Waals surface area contributed by atoms with Gasteiger partial charge in [-0.25, -0.2) is 0 Å². The topological polar surface area (TPSA) is 41.9 Å². The number of aliphatic hydroxyl groups is 1. The van der Waals surface area contributed by atoms with Crippen LogP contribution >= 0.6 is 0 Å². The summed E-state index contributed by atoms with van der Waals surface area (Å²) in [6.45, 7) is 12.6. The van der Waals surface area contributed by atoms with Crippen molar-refractivity contribution in [3.8, 4) is 0 Å². The molecule has 1 aliphatic heterocycles. The average Bonchev–Trinajstić information content (AvgIpc) is 2.72. The van der Waals surface area contributed by atoms with E-state index in [0.717, 1.165) is 42.6 Å². The van der Waals surface area contributed by atoms with E-state index in [1.807, 2.05) is 7.11 Å². The molecule has 0 radical (unpaired) electrons. The summed E-state index contributed by atoms with van der Waals surface area (Å²) < 4.78 is 11.6. The van der Waals surface area contributed by atoms with E-state index in [2.05, 4.69) is 32.6 Å². The summed E-state index contributed by atoms with van der Waals surface area (Å²) in [7, 11) is 1.82. The van der Waals surface area contributed by atoms with E-state index < -0.39 is 0 Å². The number of hydrogen-bond donors (Lipinski definition) is 1. The molecule has 7 atom stereocenters. The zero-order valence-corrected chi connectivity index (χ0v) is 19.2. The Morgan fingerprint density at radius 2 is 1.89 bits per heavy atom. The van der Waals surface area contributed by atoms with Crippen LogP contribution in [-0.4, -0.2) is 61.7 Å². The Bertz CT molecular complexity index is 419. The van der Waals surface area contributed by atoms with Gasteiger partial charge in [0.05, 0.1) is 25.4 Å². The fourth-order valence-electron chi connectivity index (χ4n) is 5.81. The highest BCUT2D eigenvalue weighted by atomic mass is 16.5. The van der Waals surface area contributed by atoms with Crippen molar-refractivity contribution < 1.29 is 14.6 Å². The van der Waals surface area contributed by atoms with Gasteiger partial charge in [-0.15, -0.1) is 0 Å². The van der Waals surface area contributed by atoms with E-state index in [-0.39, 0.29) is 18.8 Å². The number of likely N-dealkylation sites (tertiary alicyclic amines) is 1. The second-order valence-corrected chi connectivity index (χ2v) is 9.47. The quantitative estimate of drug-likeness (QED) is 0.547.